The fraction of sp³-hybridized carbons (Fsp3) is 0.320. The number of anilines is 1. The van der Waals surface area contributed by atoms with Crippen LogP contribution in [0.1, 0.15) is 29.7 Å². The van der Waals surface area contributed by atoms with Gasteiger partial charge in [0.2, 0.25) is 0 Å². The second-order valence-corrected chi connectivity index (χ2v) is 7.68. The van der Waals surface area contributed by atoms with Crippen LogP contribution in [0.2, 0.25) is 0 Å². The molecule has 0 spiro atoms. The van der Waals surface area contributed by atoms with Crippen LogP contribution in [0.15, 0.2) is 67.0 Å². The summed E-state index contributed by atoms with van der Waals surface area (Å²) in [6, 6.07) is 19.2. The number of aryl methyl sites for hydroxylation is 1. The molecule has 1 aliphatic rings. The van der Waals surface area contributed by atoms with Gasteiger partial charge in [-0.2, -0.15) is 0 Å². The van der Waals surface area contributed by atoms with E-state index in [1.54, 1.807) is 12.4 Å². The van der Waals surface area contributed by atoms with E-state index in [2.05, 4.69) is 65.4 Å². The van der Waals surface area contributed by atoms with Crippen molar-refractivity contribution in [2.24, 2.45) is 0 Å². The predicted octanol–water partition coefficient (Wildman–Crippen LogP) is 4.87. The first kappa shape index (κ1) is 20.4. The Balaban J connectivity index is 1.33. The van der Waals surface area contributed by atoms with Gasteiger partial charge in [0.1, 0.15) is 11.5 Å². The summed E-state index contributed by atoms with van der Waals surface area (Å²) in [4.78, 5) is 6.47. The minimum atomic E-state index is 0.273. The van der Waals surface area contributed by atoms with Crippen molar-refractivity contribution in [3.63, 3.8) is 0 Å². The number of hydrogen-bond donors (Lipinski definition) is 1. The van der Waals surface area contributed by atoms with Gasteiger partial charge in [-0.15, -0.1) is 0 Å². The van der Waals surface area contributed by atoms with Crippen molar-refractivity contribution in [2.75, 3.05) is 31.2 Å². The smallest absolute Gasteiger partial charge is 0.145 e. The Morgan fingerprint density at radius 3 is 2.60 bits per heavy atom. The summed E-state index contributed by atoms with van der Waals surface area (Å²) in [5.41, 5.74) is 4.91. The summed E-state index contributed by atoms with van der Waals surface area (Å²) < 4.78 is 11.4. The van der Waals surface area contributed by atoms with E-state index in [9.17, 15) is 0 Å². The molecule has 5 heteroatoms. The molecule has 0 radical (unpaired) electrons. The van der Waals surface area contributed by atoms with Crippen LogP contribution in [0, 0.1) is 6.92 Å². The SMILES string of the molecule is Cc1cc(CNC(C)c2ccc(N3CCOCC3)cc2)ccc1Oc1cccnc1. The fourth-order valence-corrected chi connectivity index (χ4v) is 3.65. The molecule has 4 rings (SSSR count). The van der Waals surface area contributed by atoms with E-state index in [4.69, 9.17) is 9.47 Å². The van der Waals surface area contributed by atoms with Crippen LogP contribution < -0.4 is 15.0 Å². The average molecular weight is 404 g/mol. The highest BCUT2D eigenvalue weighted by Crippen LogP contribution is 2.26. The van der Waals surface area contributed by atoms with Crippen molar-refractivity contribution in [3.8, 4) is 11.5 Å². The van der Waals surface area contributed by atoms with Gasteiger partial charge in [0, 0.05) is 37.6 Å². The highest BCUT2D eigenvalue weighted by Gasteiger charge is 2.12. The van der Waals surface area contributed by atoms with Crippen molar-refractivity contribution >= 4 is 5.69 Å². The van der Waals surface area contributed by atoms with Crippen LogP contribution in [0.4, 0.5) is 5.69 Å². The monoisotopic (exact) mass is 403 g/mol. The number of nitrogens with one attached hydrogen (secondary N) is 1. The molecule has 1 aliphatic heterocycles. The molecule has 0 amide bonds. The summed E-state index contributed by atoms with van der Waals surface area (Å²) in [5, 5.41) is 3.63. The van der Waals surface area contributed by atoms with E-state index in [1.165, 1.54) is 16.8 Å². The zero-order valence-corrected chi connectivity index (χ0v) is 17.7. The summed E-state index contributed by atoms with van der Waals surface area (Å²) in [6.45, 7) is 8.64. The van der Waals surface area contributed by atoms with Crippen LogP contribution in [0.3, 0.4) is 0 Å². The van der Waals surface area contributed by atoms with E-state index in [1.807, 2.05) is 18.2 Å². The van der Waals surface area contributed by atoms with E-state index < -0.39 is 0 Å². The Labute approximate surface area is 178 Å². The molecule has 1 aromatic heterocycles. The van der Waals surface area contributed by atoms with Crippen molar-refractivity contribution in [1.82, 2.24) is 10.3 Å². The standard InChI is InChI=1S/C25H29N3O2/c1-19-16-21(5-10-25(19)30-24-4-3-11-26-18-24)17-27-20(2)22-6-8-23(9-7-22)28-12-14-29-15-13-28/h3-11,16,18,20,27H,12-15,17H2,1-2H3. The number of nitrogens with zero attached hydrogens (tertiary/aromatic N) is 2. The summed E-state index contributed by atoms with van der Waals surface area (Å²) in [7, 11) is 0. The summed E-state index contributed by atoms with van der Waals surface area (Å²) in [6.07, 6.45) is 3.47. The average Bonchev–Trinajstić information content (AvgIpc) is 2.80. The second kappa shape index (κ2) is 9.74. The highest BCUT2D eigenvalue weighted by atomic mass is 16.5. The van der Waals surface area contributed by atoms with E-state index in [0.717, 1.165) is 49.9 Å². The maximum absolute atomic E-state index is 5.93. The molecular weight excluding hydrogens is 374 g/mol. The summed E-state index contributed by atoms with van der Waals surface area (Å²) >= 11 is 0. The predicted molar refractivity (Wildman–Crippen MR) is 120 cm³/mol. The molecule has 0 aliphatic carbocycles. The lowest BCUT2D eigenvalue weighted by molar-refractivity contribution is 0.122. The minimum absolute atomic E-state index is 0.273. The maximum atomic E-state index is 5.93. The Kier molecular flexibility index (Phi) is 6.62. The molecule has 2 heterocycles. The van der Waals surface area contributed by atoms with E-state index in [0.29, 0.717) is 0 Å². The zero-order chi connectivity index (χ0) is 20.8. The molecule has 0 saturated carbocycles. The van der Waals surface area contributed by atoms with Gasteiger partial charge in [0.25, 0.3) is 0 Å². The van der Waals surface area contributed by atoms with Gasteiger partial charge in [-0.3, -0.25) is 4.98 Å². The number of rotatable bonds is 7. The number of morpholine rings is 1. The maximum Gasteiger partial charge on any atom is 0.145 e. The molecular formula is C25H29N3O2. The third-order valence-electron chi connectivity index (χ3n) is 5.48. The van der Waals surface area contributed by atoms with Gasteiger partial charge >= 0.3 is 0 Å². The largest absolute Gasteiger partial charge is 0.455 e. The van der Waals surface area contributed by atoms with Crippen molar-refractivity contribution in [1.29, 1.82) is 0 Å². The van der Waals surface area contributed by atoms with Gasteiger partial charge in [0.15, 0.2) is 0 Å². The number of aromatic nitrogens is 1. The van der Waals surface area contributed by atoms with Gasteiger partial charge in [-0.05, 0) is 60.9 Å². The quantitative estimate of drug-likeness (QED) is 0.610. The van der Waals surface area contributed by atoms with Crippen LogP contribution in [-0.2, 0) is 11.3 Å². The van der Waals surface area contributed by atoms with Gasteiger partial charge in [0.05, 0.1) is 19.4 Å². The molecule has 0 bridgehead atoms. The normalized spacial score (nSPS) is 15.1. The van der Waals surface area contributed by atoms with Gasteiger partial charge < -0.3 is 19.7 Å². The fourth-order valence-electron chi connectivity index (χ4n) is 3.65. The third kappa shape index (κ3) is 5.17. The molecule has 1 fully saturated rings. The molecule has 30 heavy (non-hydrogen) atoms. The van der Waals surface area contributed by atoms with Gasteiger partial charge in [-0.25, -0.2) is 0 Å². The van der Waals surface area contributed by atoms with Crippen LogP contribution in [0.5, 0.6) is 11.5 Å². The molecule has 3 aromatic rings. The van der Waals surface area contributed by atoms with Gasteiger partial charge in [-0.1, -0.05) is 24.3 Å². The zero-order valence-electron chi connectivity index (χ0n) is 17.7. The molecule has 5 nitrogen and oxygen atoms in total. The van der Waals surface area contributed by atoms with Crippen molar-refractivity contribution in [3.05, 3.63) is 83.7 Å². The van der Waals surface area contributed by atoms with Crippen LogP contribution in [0.25, 0.3) is 0 Å². The topological polar surface area (TPSA) is 46.6 Å². The van der Waals surface area contributed by atoms with Crippen LogP contribution in [-0.4, -0.2) is 31.3 Å². The molecule has 1 N–H and O–H groups in total. The minimum Gasteiger partial charge on any atom is -0.455 e. The number of pyridine rings is 1. The first-order chi connectivity index (χ1) is 14.7. The first-order valence-corrected chi connectivity index (χ1v) is 10.5. The first-order valence-electron chi connectivity index (χ1n) is 10.5. The highest BCUT2D eigenvalue weighted by molar-refractivity contribution is 5.48. The third-order valence-corrected chi connectivity index (χ3v) is 5.48. The van der Waals surface area contributed by atoms with Crippen LogP contribution >= 0.6 is 0 Å². The van der Waals surface area contributed by atoms with Crippen molar-refractivity contribution < 1.29 is 9.47 Å². The Hall–Kier alpha value is -2.89. The lowest BCUT2D eigenvalue weighted by Gasteiger charge is -2.29. The lowest BCUT2D eigenvalue weighted by Crippen LogP contribution is -2.36. The Bertz CT molecular complexity index is 938. The Morgan fingerprint density at radius 1 is 1.10 bits per heavy atom. The van der Waals surface area contributed by atoms with E-state index >= 15 is 0 Å². The Morgan fingerprint density at radius 2 is 1.90 bits per heavy atom. The molecule has 2 aromatic carbocycles. The summed E-state index contributed by atoms with van der Waals surface area (Å²) in [5.74, 6) is 1.61. The lowest BCUT2D eigenvalue weighted by atomic mass is 10.1. The number of hydrogen-bond acceptors (Lipinski definition) is 5. The number of ether oxygens (including phenoxy) is 2. The number of benzene rings is 2. The molecule has 1 unspecified atom stereocenters. The second-order valence-electron chi connectivity index (χ2n) is 7.68. The molecule has 156 valence electrons. The molecule has 1 atom stereocenters. The molecule has 1 saturated heterocycles. The van der Waals surface area contributed by atoms with Crippen molar-refractivity contribution in [2.45, 2.75) is 26.4 Å². The van der Waals surface area contributed by atoms with E-state index in [-0.39, 0.29) is 6.04 Å².